The first kappa shape index (κ1) is 7.13. The molecule has 1 unspecified atom stereocenters. The molecule has 0 nitrogen and oxygen atoms in total. The van der Waals surface area contributed by atoms with Crippen molar-refractivity contribution in [3.8, 4) is 0 Å². The molecular formula is C5H14B2. The molecule has 40 valence electrons. The van der Waals surface area contributed by atoms with Gasteiger partial charge < -0.3 is 0 Å². The fraction of sp³-hybridized carbons (Fsp3) is 1.00. The summed E-state index contributed by atoms with van der Waals surface area (Å²) in [6, 6.07) is 0. The van der Waals surface area contributed by atoms with Crippen molar-refractivity contribution in [2.75, 3.05) is 0 Å². The van der Waals surface area contributed by atoms with Gasteiger partial charge >= 0.3 is 0 Å². The lowest BCUT2D eigenvalue weighted by Crippen LogP contribution is -2.06. The zero-order valence-corrected chi connectivity index (χ0v) is 5.86. The molecule has 0 spiro atoms. The van der Waals surface area contributed by atoms with Gasteiger partial charge in [-0.15, -0.1) is 0 Å². The van der Waals surface area contributed by atoms with Crippen LogP contribution in [0.15, 0.2) is 0 Å². The molecule has 1 atom stereocenters. The Morgan fingerprint density at radius 1 is 1.43 bits per heavy atom. The first-order chi connectivity index (χ1) is 3.18. The van der Waals surface area contributed by atoms with Crippen LogP contribution in [0.5, 0.6) is 0 Å². The molecular weight excluding hydrogens is 81.7 g/mol. The van der Waals surface area contributed by atoms with Gasteiger partial charge in [0.25, 0.3) is 0 Å². The SMILES string of the molecule is BC(BC)C(C)C. The normalized spacial score (nSPS) is 14.3. The van der Waals surface area contributed by atoms with E-state index < -0.39 is 0 Å². The first-order valence-electron chi connectivity index (χ1n) is 3.18. The summed E-state index contributed by atoms with van der Waals surface area (Å²) in [5, 5.41) is 0. The average molecular weight is 95.8 g/mol. The lowest BCUT2D eigenvalue weighted by atomic mass is 9.52. The van der Waals surface area contributed by atoms with E-state index in [9.17, 15) is 0 Å². The summed E-state index contributed by atoms with van der Waals surface area (Å²) in [4.78, 5) is 0. The molecule has 0 rings (SSSR count). The summed E-state index contributed by atoms with van der Waals surface area (Å²) in [6.07, 6.45) is 0. The van der Waals surface area contributed by atoms with Gasteiger partial charge in [0.15, 0.2) is 0 Å². The fourth-order valence-corrected chi connectivity index (χ4v) is 0.471. The van der Waals surface area contributed by atoms with Crippen molar-refractivity contribution in [3.63, 3.8) is 0 Å². The van der Waals surface area contributed by atoms with Crippen LogP contribution in [0.25, 0.3) is 0 Å². The largest absolute Gasteiger partial charge is 0.112 e. The van der Waals surface area contributed by atoms with E-state index in [4.69, 9.17) is 0 Å². The van der Waals surface area contributed by atoms with Crippen molar-refractivity contribution in [1.29, 1.82) is 0 Å². The molecule has 0 radical (unpaired) electrons. The fourth-order valence-electron chi connectivity index (χ4n) is 0.471. The third-order valence-electron chi connectivity index (χ3n) is 1.78. The third kappa shape index (κ3) is 2.78. The maximum atomic E-state index is 2.30. The standard InChI is InChI=1S/C5H14B2/c1-4(2)5(6)7-3/h4-5,7H,6H2,1-3H3. The van der Waals surface area contributed by atoms with E-state index >= 15 is 0 Å². The molecule has 0 aliphatic heterocycles. The molecule has 0 aliphatic rings. The van der Waals surface area contributed by atoms with Gasteiger partial charge in [0, 0.05) is 0 Å². The van der Waals surface area contributed by atoms with Crippen LogP contribution in [0.4, 0.5) is 0 Å². The van der Waals surface area contributed by atoms with E-state index in [1.54, 1.807) is 0 Å². The van der Waals surface area contributed by atoms with Gasteiger partial charge in [-0.25, -0.2) is 0 Å². The summed E-state index contributed by atoms with van der Waals surface area (Å²) < 4.78 is 0. The van der Waals surface area contributed by atoms with Gasteiger partial charge in [0.2, 0.25) is 0 Å². The van der Waals surface area contributed by atoms with Crippen LogP contribution in [0, 0.1) is 5.92 Å². The van der Waals surface area contributed by atoms with Gasteiger partial charge in [0.05, 0.1) is 7.85 Å². The van der Waals surface area contributed by atoms with Gasteiger partial charge in [-0.3, -0.25) is 0 Å². The van der Waals surface area contributed by atoms with E-state index in [2.05, 4.69) is 28.5 Å². The Morgan fingerprint density at radius 3 is 1.86 bits per heavy atom. The molecule has 0 aromatic heterocycles. The molecule has 0 saturated carbocycles. The van der Waals surface area contributed by atoms with Crippen molar-refractivity contribution in [2.24, 2.45) is 5.92 Å². The Labute approximate surface area is 48.3 Å². The maximum absolute atomic E-state index is 2.30. The Hall–Kier alpha value is 0.130. The van der Waals surface area contributed by atoms with Gasteiger partial charge in [-0.05, 0) is 0 Å². The first-order valence-corrected chi connectivity index (χ1v) is 3.18. The van der Waals surface area contributed by atoms with Crippen molar-refractivity contribution in [2.45, 2.75) is 26.4 Å². The van der Waals surface area contributed by atoms with Crippen molar-refractivity contribution in [1.82, 2.24) is 0 Å². The Morgan fingerprint density at radius 2 is 1.86 bits per heavy atom. The minimum Gasteiger partial charge on any atom is -0.0906 e. The van der Waals surface area contributed by atoms with Crippen LogP contribution >= 0.6 is 0 Å². The highest BCUT2D eigenvalue weighted by Crippen LogP contribution is 2.09. The van der Waals surface area contributed by atoms with Crippen LogP contribution in [-0.4, -0.2) is 15.1 Å². The van der Waals surface area contributed by atoms with Crippen LogP contribution in [0.1, 0.15) is 13.8 Å². The molecule has 2 heteroatoms. The topological polar surface area (TPSA) is 0 Å². The van der Waals surface area contributed by atoms with E-state index in [-0.39, 0.29) is 0 Å². The van der Waals surface area contributed by atoms with Crippen molar-refractivity contribution >= 4 is 15.1 Å². The van der Waals surface area contributed by atoms with E-state index in [0.29, 0.717) is 0 Å². The average Bonchev–Trinajstić information content (AvgIpc) is 1.65. The van der Waals surface area contributed by atoms with E-state index in [1.807, 2.05) is 0 Å². The monoisotopic (exact) mass is 96.1 g/mol. The third-order valence-corrected chi connectivity index (χ3v) is 1.78. The zero-order chi connectivity index (χ0) is 5.86. The van der Waals surface area contributed by atoms with E-state index in [1.165, 1.54) is 7.28 Å². The second kappa shape index (κ2) is 3.17. The molecule has 0 heterocycles. The summed E-state index contributed by atoms with van der Waals surface area (Å²) in [5.74, 6) is 0.866. The van der Waals surface area contributed by atoms with Gasteiger partial charge in [-0.2, -0.15) is 0 Å². The molecule has 0 bridgehead atoms. The van der Waals surface area contributed by atoms with Crippen LogP contribution in [0.3, 0.4) is 0 Å². The predicted octanol–water partition coefficient (Wildman–Crippen LogP) is 0.506. The number of hydrogen-bond acceptors (Lipinski definition) is 0. The number of rotatable bonds is 2. The minimum absolute atomic E-state index is 0.866. The Bertz CT molecular complexity index is 43.3. The zero-order valence-electron chi connectivity index (χ0n) is 5.86. The smallest absolute Gasteiger partial charge is 0.0906 e. The summed E-state index contributed by atoms with van der Waals surface area (Å²) in [7, 11) is 3.61. The quantitative estimate of drug-likeness (QED) is 0.439. The summed E-state index contributed by atoms with van der Waals surface area (Å²) in [6.45, 7) is 6.78. The van der Waals surface area contributed by atoms with Gasteiger partial charge in [-0.1, -0.05) is 32.3 Å². The molecule has 0 N–H and O–H groups in total. The van der Waals surface area contributed by atoms with Crippen molar-refractivity contribution < 1.29 is 0 Å². The Kier molecular flexibility index (Phi) is 3.23. The maximum Gasteiger partial charge on any atom is 0.112 e. The number of hydrogen-bond donors (Lipinski definition) is 0. The lowest BCUT2D eigenvalue weighted by Gasteiger charge is -2.09. The van der Waals surface area contributed by atoms with Crippen LogP contribution < -0.4 is 0 Å². The summed E-state index contributed by atoms with van der Waals surface area (Å²) in [5.41, 5.74) is 0.903. The highest BCUT2D eigenvalue weighted by atomic mass is 13.9. The van der Waals surface area contributed by atoms with E-state index in [0.717, 1.165) is 11.6 Å². The molecule has 0 fully saturated rings. The molecule has 0 aliphatic carbocycles. The molecule has 0 amide bonds. The molecule has 0 aromatic carbocycles. The molecule has 0 aromatic rings. The van der Waals surface area contributed by atoms with Crippen molar-refractivity contribution in [3.05, 3.63) is 0 Å². The predicted molar refractivity (Wildman–Crippen MR) is 40.1 cm³/mol. The highest BCUT2D eigenvalue weighted by molar-refractivity contribution is 6.49. The summed E-state index contributed by atoms with van der Waals surface area (Å²) >= 11 is 0. The second-order valence-electron chi connectivity index (χ2n) is 2.63. The highest BCUT2D eigenvalue weighted by Gasteiger charge is 2.02. The molecule has 0 saturated heterocycles. The Balaban J connectivity index is 3.14. The lowest BCUT2D eigenvalue weighted by molar-refractivity contribution is 0.696. The second-order valence-corrected chi connectivity index (χ2v) is 2.63. The van der Waals surface area contributed by atoms with Crippen LogP contribution in [-0.2, 0) is 0 Å². The van der Waals surface area contributed by atoms with Gasteiger partial charge in [0.1, 0.15) is 7.28 Å². The minimum atomic E-state index is 0.866. The molecule has 7 heavy (non-hydrogen) atoms. The van der Waals surface area contributed by atoms with Crippen LogP contribution in [0.2, 0.25) is 12.5 Å².